The van der Waals surface area contributed by atoms with E-state index in [1.165, 1.54) is 29.0 Å². The predicted octanol–water partition coefficient (Wildman–Crippen LogP) is 4.61. The maximum atomic E-state index is 12.6. The number of nitrogens with zero attached hydrogens (tertiary/aromatic N) is 4. The third kappa shape index (κ3) is 6.34. The highest BCUT2D eigenvalue weighted by atomic mass is 19.3. The molecule has 1 N–H and O–H groups in total. The number of hydrogen-bond acceptors (Lipinski definition) is 6. The van der Waals surface area contributed by atoms with Gasteiger partial charge >= 0.3 is 6.61 Å². The number of alkyl halides is 2. The third-order valence-electron chi connectivity index (χ3n) is 4.38. The van der Waals surface area contributed by atoms with E-state index in [4.69, 9.17) is 4.74 Å². The van der Waals surface area contributed by atoms with Crippen molar-refractivity contribution in [2.24, 2.45) is 0 Å². The lowest BCUT2D eigenvalue weighted by atomic mass is 9.92. The van der Waals surface area contributed by atoms with Crippen LogP contribution in [0, 0.1) is 0 Å². The zero-order valence-corrected chi connectivity index (χ0v) is 18.8. The van der Waals surface area contributed by atoms with E-state index in [0.29, 0.717) is 17.3 Å². The molecule has 2 aromatic heterocycles. The molecule has 3 rings (SSSR count). The number of benzene rings is 1. The van der Waals surface area contributed by atoms with Gasteiger partial charge in [-0.25, -0.2) is 9.97 Å². The van der Waals surface area contributed by atoms with Crippen LogP contribution in [-0.4, -0.2) is 38.9 Å². The molecule has 0 aliphatic carbocycles. The van der Waals surface area contributed by atoms with Gasteiger partial charge in [0.2, 0.25) is 5.91 Å². The maximum Gasteiger partial charge on any atom is 0.387 e. The molecule has 1 amide bonds. The molecule has 2 heterocycles. The zero-order chi connectivity index (χ0) is 24.0. The second-order valence-electron chi connectivity index (χ2n) is 7.97. The van der Waals surface area contributed by atoms with Crippen LogP contribution in [0.2, 0.25) is 0 Å². The minimum Gasteiger partial charge on any atom is -0.490 e. The van der Waals surface area contributed by atoms with Crippen molar-refractivity contribution in [3.05, 3.63) is 60.1 Å². The number of carbonyl (C=O) groups is 1. The molecule has 1 aromatic carbocycles. The summed E-state index contributed by atoms with van der Waals surface area (Å²) in [6, 6.07) is 7.89. The van der Waals surface area contributed by atoms with Crippen LogP contribution in [0.25, 0.3) is 12.0 Å². The average Bonchev–Trinajstić information content (AvgIpc) is 3.18. The normalized spacial score (nSPS) is 11.7. The van der Waals surface area contributed by atoms with Crippen LogP contribution >= 0.6 is 0 Å². The maximum absolute atomic E-state index is 12.6. The monoisotopic (exact) mass is 457 g/mol. The fourth-order valence-electron chi connectivity index (χ4n) is 2.82. The summed E-state index contributed by atoms with van der Waals surface area (Å²) in [5, 5.41) is 7.34. The molecule has 0 fully saturated rings. The molecule has 0 aliphatic heterocycles. The standard InChI is InChI=1S/C23H25F2N5O3/c1-5-32-17-13-15(7-9-16(17)33-21(24)25)8-10-20(31)28-19-14-18(23(2,3)4)29-30(19)22-26-11-6-12-27-22/h6-14,21H,5H2,1-4H3,(H,28,31)/b10-8+. The third-order valence-corrected chi connectivity index (χ3v) is 4.38. The first-order valence-corrected chi connectivity index (χ1v) is 10.3. The van der Waals surface area contributed by atoms with Gasteiger partial charge in [-0.15, -0.1) is 0 Å². The van der Waals surface area contributed by atoms with Gasteiger partial charge in [0.1, 0.15) is 5.82 Å². The number of nitrogens with one attached hydrogen (secondary N) is 1. The van der Waals surface area contributed by atoms with E-state index in [-0.39, 0.29) is 23.5 Å². The van der Waals surface area contributed by atoms with Crippen LogP contribution in [-0.2, 0) is 10.2 Å². The lowest BCUT2D eigenvalue weighted by Crippen LogP contribution is -2.14. The molecule has 0 radical (unpaired) electrons. The number of amides is 1. The number of aromatic nitrogens is 4. The Morgan fingerprint density at radius 3 is 2.55 bits per heavy atom. The highest BCUT2D eigenvalue weighted by molar-refractivity contribution is 6.01. The van der Waals surface area contributed by atoms with Crippen molar-refractivity contribution < 1.29 is 23.0 Å². The Balaban J connectivity index is 1.82. The SMILES string of the molecule is CCOc1cc(/C=C/C(=O)Nc2cc(C(C)(C)C)nn2-c2ncccn2)ccc1OC(F)F. The Labute approximate surface area is 190 Å². The summed E-state index contributed by atoms with van der Waals surface area (Å²) in [5.41, 5.74) is 1.07. The Bertz CT molecular complexity index is 1120. The summed E-state index contributed by atoms with van der Waals surface area (Å²) in [6.07, 6.45) is 6.03. The highest BCUT2D eigenvalue weighted by Crippen LogP contribution is 2.30. The van der Waals surface area contributed by atoms with Gasteiger partial charge in [-0.05, 0) is 36.8 Å². The van der Waals surface area contributed by atoms with Crippen LogP contribution in [0.1, 0.15) is 39.0 Å². The molecule has 0 saturated heterocycles. The van der Waals surface area contributed by atoms with Gasteiger partial charge in [0.05, 0.1) is 12.3 Å². The Morgan fingerprint density at radius 1 is 1.18 bits per heavy atom. The van der Waals surface area contributed by atoms with E-state index in [9.17, 15) is 13.6 Å². The molecule has 0 unspecified atom stereocenters. The Hall–Kier alpha value is -3.82. The summed E-state index contributed by atoms with van der Waals surface area (Å²) in [6.45, 7) is 5.06. The summed E-state index contributed by atoms with van der Waals surface area (Å²) in [5.74, 6) is 0.405. The molecule has 3 aromatic rings. The number of ether oxygens (including phenoxy) is 2. The van der Waals surface area contributed by atoms with Gasteiger partial charge < -0.3 is 14.8 Å². The Morgan fingerprint density at radius 2 is 1.91 bits per heavy atom. The zero-order valence-electron chi connectivity index (χ0n) is 18.8. The largest absolute Gasteiger partial charge is 0.490 e. The summed E-state index contributed by atoms with van der Waals surface area (Å²) < 4.78 is 36.4. The average molecular weight is 457 g/mol. The second-order valence-corrected chi connectivity index (χ2v) is 7.97. The predicted molar refractivity (Wildman–Crippen MR) is 120 cm³/mol. The summed E-state index contributed by atoms with van der Waals surface area (Å²) in [7, 11) is 0. The summed E-state index contributed by atoms with van der Waals surface area (Å²) in [4.78, 5) is 21.0. The van der Waals surface area contributed by atoms with E-state index in [2.05, 4.69) is 25.1 Å². The van der Waals surface area contributed by atoms with E-state index < -0.39 is 12.5 Å². The van der Waals surface area contributed by atoms with Gasteiger partial charge in [0.25, 0.3) is 5.95 Å². The van der Waals surface area contributed by atoms with Gasteiger partial charge in [-0.2, -0.15) is 18.6 Å². The van der Waals surface area contributed by atoms with Crippen molar-refractivity contribution >= 4 is 17.8 Å². The number of rotatable bonds is 8. The highest BCUT2D eigenvalue weighted by Gasteiger charge is 2.22. The van der Waals surface area contributed by atoms with Crippen molar-refractivity contribution in [3.8, 4) is 17.4 Å². The molecular weight excluding hydrogens is 432 g/mol. The molecule has 0 aliphatic rings. The number of hydrogen-bond donors (Lipinski definition) is 1. The van der Waals surface area contributed by atoms with E-state index in [0.717, 1.165) is 5.69 Å². The fraction of sp³-hybridized carbons (Fsp3) is 0.304. The van der Waals surface area contributed by atoms with Crippen LogP contribution in [0.4, 0.5) is 14.6 Å². The topological polar surface area (TPSA) is 91.2 Å². The van der Waals surface area contributed by atoms with E-state index in [1.807, 2.05) is 20.8 Å². The van der Waals surface area contributed by atoms with Crippen molar-refractivity contribution in [2.75, 3.05) is 11.9 Å². The minimum atomic E-state index is -2.96. The lowest BCUT2D eigenvalue weighted by Gasteiger charge is -2.13. The first kappa shape index (κ1) is 23.8. The van der Waals surface area contributed by atoms with Gasteiger partial charge in [-0.1, -0.05) is 26.8 Å². The second kappa shape index (κ2) is 10.2. The molecule has 0 bridgehead atoms. The van der Waals surface area contributed by atoms with Gasteiger partial charge in [0, 0.05) is 30.0 Å². The van der Waals surface area contributed by atoms with E-state index >= 15 is 0 Å². The van der Waals surface area contributed by atoms with Crippen molar-refractivity contribution in [2.45, 2.75) is 39.7 Å². The van der Waals surface area contributed by atoms with E-state index in [1.54, 1.807) is 37.5 Å². The molecule has 0 spiro atoms. The smallest absolute Gasteiger partial charge is 0.387 e. The molecule has 8 nitrogen and oxygen atoms in total. The van der Waals surface area contributed by atoms with Crippen LogP contribution in [0.15, 0.2) is 48.8 Å². The first-order chi connectivity index (χ1) is 15.7. The van der Waals surface area contributed by atoms with Gasteiger partial charge in [0.15, 0.2) is 11.5 Å². The number of halogens is 2. The first-order valence-electron chi connectivity index (χ1n) is 10.3. The quantitative estimate of drug-likeness (QED) is 0.497. The van der Waals surface area contributed by atoms with Crippen LogP contribution in [0.5, 0.6) is 11.5 Å². The molecule has 33 heavy (non-hydrogen) atoms. The fourth-order valence-corrected chi connectivity index (χ4v) is 2.82. The number of anilines is 1. The Kier molecular flexibility index (Phi) is 7.37. The summed E-state index contributed by atoms with van der Waals surface area (Å²) >= 11 is 0. The van der Waals surface area contributed by atoms with Crippen LogP contribution < -0.4 is 14.8 Å². The van der Waals surface area contributed by atoms with Crippen LogP contribution in [0.3, 0.4) is 0 Å². The molecule has 10 heteroatoms. The lowest BCUT2D eigenvalue weighted by molar-refractivity contribution is -0.111. The molecule has 0 atom stereocenters. The van der Waals surface area contributed by atoms with Crippen molar-refractivity contribution in [3.63, 3.8) is 0 Å². The molecular formula is C23H25F2N5O3. The van der Waals surface area contributed by atoms with Crippen molar-refractivity contribution in [1.29, 1.82) is 0 Å². The minimum absolute atomic E-state index is 0.0741. The van der Waals surface area contributed by atoms with Crippen molar-refractivity contribution in [1.82, 2.24) is 19.7 Å². The van der Waals surface area contributed by atoms with Gasteiger partial charge in [-0.3, -0.25) is 4.79 Å². The molecule has 0 saturated carbocycles. The number of carbonyl (C=O) groups excluding carboxylic acids is 1. The molecule has 174 valence electrons.